The average molecular weight is 245 g/mol. The zero-order valence-corrected chi connectivity index (χ0v) is 9.66. The fourth-order valence-corrected chi connectivity index (χ4v) is 1.31. The summed E-state index contributed by atoms with van der Waals surface area (Å²) in [6.45, 7) is 0. The van der Waals surface area contributed by atoms with Crippen LogP contribution in [0.4, 0.5) is 5.82 Å². The fraction of sp³-hybridized carbons (Fsp3) is 0.0833. The Balaban J connectivity index is 2.13. The van der Waals surface area contributed by atoms with E-state index in [0.29, 0.717) is 17.2 Å². The number of ether oxygens (including phenoxy) is 2. The molecule has 0 bridgehead atoms. The number of hydrogen-bond acceptors (Lipinski definition) is 6. The first-order chi connectivity index (χ1) is 8.69. The summed E-state index contributed by atoms with van der Waals surface area (Å²) in [6.07, 6.45) is 2.87. The molecule has 0 radical (unpaired) electrons. The molecule has 0 atom stereocenters. The first-order valence-electron chi connectivity index (χ1n) is 5.13. The molecule has 1 heterocycles. The molecule has 0 aliphatic heterocycles. The molecule has 0 fully saturated rings. The lowest BCUT2D eigenvalue weighted by Crippen LogP contribution is -2.00. The van der Waals surface area contributed by atoms with Gasteiger partial charge in [-0.15, -0.1) is 0 Å². The van der Waals surface area contributed by atoms with E-state index in [9.17, 15) is 4.79 Å². The van der Waals surface area contributed by atoms with Crippen LogP contribution in [0.15, 0.2) is 36.7 Å². The molecule has 2 rings (SSSR count). The van der Waals surface area contributed by atoms with Crippen LogP contribution in [-0.2, 0) is 4.74 Å². The van der Waals surface area contributed by atoms with Crippen LogP contribution < -0.4 is 10.5 Å². The number of benzene rings is 1. The Morgan fingerprint density at radius 2 is 1.94 bits per heavy atom. The van der Waals surface area contributed by atoms with Crippen LogP contribution in [0.25, 0.3) is 0 Å². The van der Waals surface area contributed by atoms with E-state index in [1.807, 2.05) is 0 Å². The van der Waals surface area contributed by atoms with Gasteiger partial charge in [0.05, 0.1) is 25.1 Å². The maximum absolute atomic E-state index is 11.2. The summed E-state index contributed by atoms with van der Waals surface area (Å²) in [5.41, 5.74) is 5.93. The molecule has 2 aromatic rings. The van der Waals surface area contributed by atoms with Gasteiger partial charge in [-0.05, 0) is 24.3 Å². The largest absolute Gasteiger partial charge is 0.465 e. The van der Waals surface area contributed by atoms with Crippen molar-refractivity contribution in [2.75, 3.05) is 12.8 Å². The molecule has 92 valence electrons. The predicted octanol–water partition coefficient (Wildman–Crippen LogP) is 1.64. The average Bonchev–Trinajstić information content (AvgIpc) is 2.39. The van der Waals surface area contributed by atoms with Crippen LogP contribution in [0, 0.1) is 0 Å². The lowest BCUT2D eigenvalue weighted by molar-refractivity contribution is 0.0600. The number of hydrogen-bond donors (Lipinski definition) is 1. The summed E-state index contributed by atoms with van der Waals surface area (Å²) in [7, 11) is 1.33. The quantitative estimate of drug-likeness (QED) is 0.827. The molecule has 6 heteroatoms. The summed E-state index contributed by atoms with van der Waals surface area (Å²) in [5.74, 6) is 0.701. The van der Waals surface area contributed by atoms with Gasteiger partial charge < -0.3 is 15.2 Å². The second-order valence-electron chi connectivity index (χ2n) is 3.40. The highest BCUT2D eigenvalue weighted by Crippen LogP contribution is 2.19. The number of esters is 1. The van der Waals surface area contributed by atoms with E-state index < -0.39 is 5.97 Å². The topological polar surface area (TPSA) is 87.3 Å². The molecule has 0 aliphatic rings. The second-order valence-corrected chi connectivity index (χ2v) is 3.40. The Kier molecular flexibility index (Phi) is 3.38. The van der Waals surface area contributed by atoms with Crippen molar-refractivity contribution < 1.29 is 14.3 Å². The first kappa shape index (κ1) is 11.8. The van der Waals surface area contributed by atoms with Crippen LogP contribution in [-0.4, -0.2) is 23.0 Å². The monoisotopic (exact) mass is 245 g/mol. The second kappa shape index (κ2) is 5.13. The van der Waals surface area contributed by atoms with Gasteiger partial charge in [0.15, 0.2) is 0 Å². The Hall–Kier alpha value is -2.63. The minimum absolute atomic E-state index is 0.277. The molecule has 0 spiro atoms. The van der Waals surface area contributed by atoms with Crippen LogP contribution >= 0.6 is 0 Å². The minimum atomic E-state index is -0.398. The van der Waals surface area contributed by atoms with Crippen molar-refractivity contribution in [1.82, 2.24) is 9.97 Å². The zero-order chi connectivity index (χ0) is 13.0. The highest BCUT2D eigenvalue weighted by Gasteiger charge is 2.05. The number of carbonyl (C=O) groups excluding carboxylic acids is 1. The van der Waals surface area contributed by atoms with Crippen molar-refractivity contribution in [1.29, 1.82) is 0 Å². The van der Waals surface area contributed by atoms with Crippen molar-refractivity contribution in [3.05, 3.63) is 42.2 Å². The van der Waals surface area contributed by atoms with Gasteiger partial charge in [0, 0.05) is 0 Å². The molecule has 0 saturated carbocycles. The molecule has 0 unspecified atom stereocenters. The number of nitrogens with zero attached hydrogens (tertiary/aromatic N) is 2. The van der Waals surface area contributed by atoms with E-state index in [0.717, 1.165) is 0 Å². The summed E-state index contributed by atoms with van der Waals surface area (Å²) in [6, 6.07) is 6.47. The number of anilines is 1. The summed E-state index contributed by atoms with van der Waals surface area (Å²) in [5, 5.41) is 0. The van der Waals surface area contributed by atoms with E-state index in [4.69, 9.17) is 10.5 Å². The van der Waals surface area contributed by atoms with Gasteiger partial charge in [0.1, 0.15) is 11.6 Å². The summed E-state index contributed by atoms with van der Waals surface area (Å²) < 4.78 is 10.0. The molecule has 6 nitrogen and oxygen atoms in total. The predicted molar refractivity (Wildman–Crippen MR) is 64.3 cm³/mol. The molecular formula is C12H11N3O3. The summed E-state index contributed by atoms with van der Waals surface area (Å²) in [4.78, 5) is 19.0. The smallest absolute Gasteiger partial charge is 0.337 e. The SMILES string of the molecule is COC(=O)c1ccc(Oc2cncc(N)n2)cc1. The van der Waals surface area contributed by atoms with E-state index in [-0.39, 0.29) is 5.82 Å². The first-order valence-corrected chi connectivity index (χ1v) is 5.13. The van der Waals surface area contributed by atoms with Gasteiger partial charge in [0.2, 0.25) is 5.88 Å². The Bertz CT molecular complexity index is 555. The van der Waals surface area contributed by atoms with Crippen LogP contribution in [0.5, 0.6) is 11.6 Å². The normalized spacial score (nSPS) is 9.83. The van der Waals surface area contributed by atoms with Gasteiger partial charge in [-0.3, -0.25) is 4.98 Å². The maximum Gasteiger partial charge on any atom is 0.337 e. The van der Waals surface area contributed by atoms with Crippen molar-refractivity contribution in [2.45, 2.75) is 0 Å². The molecule has 0 aliphatic carbocycles. The third kappa shape index (κ3) is 2.73. The Morgan fingerprint density at radius 3 is 2.56 bits per heavy atom. The number of nitrogens with two attached hydrogens (primary N) is 1. The van der Waals surface area contributed by atoms with E-state index >= 15 is 0 Å². The Morgan fingerprint density at radius 1 is 1.22 bits per heavy atom. The van der Waals surface area contributed by atoms with Crippen molar-refractivity contribution in [3.8, 4) is 11.6 Å². The molecule has 2 N–H and O–H groups in total. The van der Waals surface area contributed by atoms with Gasteiger partial charge in [0.25, 0.3) is 0 Å². The zero-order valence-electron chi connectivity index (χ0n) is 9.66. The van der Waals surface area contributed by atoms with E-state index in [2.05, 4.69) is 14.7 Å². The van der Waals surface area contributed by atoms with Gasteiger partial charge in [-0.25, -0.2) is 4.79 Å². The number of aromatic nitrogens is 2. The van der Waals surface area contributed by atoms with Crippen molar-refractivity contribution >= 4 is 11.8 Å². The van der Waals surface area contributed by atoms with Crippen molar-refractivity contribution in [3.63, 3.8) is 0 Å². The molecular weight excluding hydrogens is 234 g/mol. The number of carbonyl (C=O) groups is 1. The highest BCUT2D eigenvalue weighted by molar-refractivity contribution is 5.89. The molecule has 1 aromatic heterocycles. The summed E-state index contributed by atoms with van der Waals surface area (Å²) >= 11 is 0. The standard InChI is InChI=1S/C12H11N3O3/c1-17-12(16)8-2-4-9(5-3-8)18-11-7-14-6-10(13)15-11/h2-7H,1H3,(H2,13,15). The molecule has 1 aromatic carbocycles. The molecule has 0 saturated heterocycles. The van der Waals surface area contributed by atoms with Crippen LogP contribution in [0.3, 0.4) is 0 Å². The third-order valence-corrected chi connectivity index (χ3v) is 2.13. The number of rotatable bonds is 3. The van der Waals surface area contributed by atoms with Crippen molar-refractivity contribution in [2.24, 2.45) is 0 Å². The molecule has 18 heavy (non-hydrogen) atoms. The highest BCUT2D eigenvalue weighted by atomic mass is 16.5. The number of nitrogen functional groups attached to an aromatic ring is 1. The van der Waals surface area contributed by atoms with Gasteiger partial charge >= 0.3 is 5.97 Å². The minimum Gasteiger partial charge on any atom is -0.465 e. The maximum atomic E-state index is 11.2. The Labute approximate surface area is 103 Å². The lowest BCUT2D eigenvalue weighted by atomic mass is 10.2. The fourth-order valence-electron chi connectivity index (χ4n) is 1.31. The van der Waals surface area contributed by atoms with Gasteiger partial charge in [-0.1, -0.05) is 0 Å². The van der Waals surface area contributed by atoms with E-state index in [1.165, 1.54) is 19.5 Å². The van der Waals surface area contributed by atoms with E-state index in [1.54, 1.807) is 24.3 Å². The lowest BCUT2D eigenvalue weighted by Gasteiger charge is -2.05. The molecule has 0 amide bonds. The van der Waals surface area contributed by atoms with Crippen LogP contribution in [0.2, 0.25) is 0 Å². The van der Waals surface area contributed by atoms with Gasteiger partial charge in [-0.2, -0.15) is 4.98 Å². The third-order valence-electron chi connectivity index (χ3n) is 2.13. The number of methoxy groups -OCH3 is 1. The van der Waals surface area contributed by atoms with Crippen LogP contribution in [0.1, 0.15) is 10.4 Å².